The summed E-state index contributed by atoms with van der Waals surface area (Å²) in [5.41, 5.74) is 5.68. The van der Waals surface area contributed by atoms with Gasteiger partial charge >= 0.3 is 0 Å². The summed E-state index contributed by atoms with van der Waals surface area (Å²) < 4.78 is 1.78. The average Bonchev–Trinajstić information content (AvgIpc) is 2.91. The van der Waals surface area contributed by atoms with Crippen molar-refractivity contribution < 1.29 is 9.59 Å². The summed E-state index contributed by atoms with van der Waals surface area (Å²) in [5.74, 6) is 0.0239. The van der Waals surface area contributed by atoms with Crippen LogP contribution in [0, 0.1) is 5.92 Å². The van der Waals surface area contributed by atoms with E-state index in [1.54, 1.807) is 17.1 Å². The number of aromatic nitrogens is 2. The maximum Gasteiger partial charge on any atom is 0.254 e. The van der Waals surface area contributed by atoms with Crippen molar-refractivity contribution in [3.8, 4) is 0 Å². The molecule has 1 fully saturated rings. The van der Waals surface area contributed by atoms with Gasteiger partial charge in [-0.25, -0.2) is 0 Å². The molecule has 0 bridgehead atoms. The molecule has 0 spiro atoms. The molecule has 0 unspecified atom stereocenters. The van der Waals surface area contributed by atoms with Gasteiger partial charge < -0.3 is 21.3 Å². The Morgan fingerprint density at radius 1 is 1.43 bits per heavy atom. The maximum absolute atomic E-state index is 12.1. The first-order chi connectivity index (χ1) is 10.9. The lowest BCUT2D eigenvalue weighted by Crippen LogP contribution is -2.47. The van der Waals surface area contributed by atoms with Crippen molar-refractivity contribution in [2.45, 2.75) is 25.4 Å². The normalized spacial score (nSPS) is 20.3. The molecule has 4 N–H and O–H groups in total. The molecule has 0 atom stereocenters. The Balaban J connectivity index is 1.65. The number of hydrogen-bond donors (Lipinski definition) is 3. The third-order valence-corrected chi connectivity index (χ3v) is 4.02. The molecule has 0 radical (unpaired) electrons. The molecule has 8 heteroatoms. The van der Waals surface area contributed by atoms with E-state index in [1.165, 1.54) is 0 Å². The Bertz CT molecular complexity index is 536. The summed E-state index contributed by atoms with van der Waals surface area (Å²) >= 11 is 0. The van der Waals surface area contributed by atoms with Crippen molar-refractivity contribution >= 4 is 11.8 Å². The van der Waals surface area contributed by atoms with Crippen molar-refractivity contribution in [1.29, 1.82) is 0 Å². The first kappa shape index (κ1) is 17.4. The molecule has 0 aliphatic heterocycles. The van der Waals surface area contributed by atoms with E-state index >= 15 is 0 Å². The lowest BCUT2D eigenvalue weighted by molar-refractivity contribution is -0.117. The fourth-order valence-electron chi connectivity index (χ4n) is 2.56. The first-order valence-electron chi connectivity index (χ1n) is 7.91. The number of nitrogens with two attached hydrogens (primary N) is 1. The monoisotopic (exact) mass is 322 g/mol. The van der Waals surface area contributed by atoms with Gasteiger partial charge in [-0.15, -0.1) is 0 Å². The zero-order valence-electron chi connectivity index (χ0n) is 13.8. The zero-order chi connectivity index (χ0) is 16.8. The molecule has 2 amide bonds. The molecular formula is C15H26N6O2. The van der Waals surface area contributed by atoms with Crippen LogP contribution in [0.15, 0.2) is 12.4 Å². The van der Waals surface area contributed by atoms with Gasteiger partial charge in [-0.05, 0) is 32.9 Å². The Morgan fingerprint density at radius 2 is 2.17 bits per heavy atom. The SMILES string of the molecule is CN(C)CCn1cc(C(=O)NCC2CC(NCC(N)=O)C2)cn1. The van der Waals surface area contributed by atoms with Crippen LogP contribution < -0.4 is 16.4 Å². The lowest BCUT2D eigenvalue weighted by atomic mass is 9.80. The highest BCUT2D eigenvalue weighted by atomic mass is 16.2. The van der Waals surface area contributed by atoms with Gasteiger partial charge in [-0.1, -0.05) is 0 Å². The molecule has 8 nitrogen and oxygen atoms in total. The topological polar surface area (TPSA) is 105 Å². The van der Waals surface area contributed by atoms with Gasteiger partial charge in [0.05, 0.1) is 24.8 Å². The van der Waals surface area contributed by atoms with Gasteiger partial charge in [0.15, 0.2) is 0 Å². The molecule has 23 heavy (non-hydrogen) atoms. The predicted molar refractivity (Wildman–Crippen MR) is 86.8 cm³/mol. The van der Waals surface area contributed by atoms with E-state index in [-0.39, 0.29) is 18.4 Å². The summed E-state index contributed by atoms with van der Waals surface area (Å²) in [7, 11) is 4.00. The molecule has 1 aliphatic rings. The standard InChI is InChI=1S/C15H26N6O2/c1-20(2)3-4-21-10-12(8-19-21)15(23)18-7-11-5-13(6-11)17-9-14(16)22/h8,10-11,13,17H,3-7,9H2,1-2H3,(H2,16,22)(H,18,23). The van der Waals surface area contributed by atoms with Crippen molar-refractivity contribution in [1.82, 2.24) is 25.3 Å². The number of hydrogen-bond acceptors (Lipinski definition) is 5. The van der Waals surface area contributed by atoms with Crippen LogP contribution in [-0.4, -0.2) is 66.3 Å². The predicted octanol–water partition coefficient (Wildman–Crippen LogP) is -0.972. The zero-order valence-corrected chi connectivity index (χ0v) is 13.8. The number of carbonyl (C=O) groups excluding carboxylic acids is 2. The third kappa shape index (κ3) is 5.65. The molecule has 128 valence electrons. The first-order valence-corrected chi connectivity index (χ1v) is 7.91. The highest BCUT2D eigenvalue weighted by molar-refractivity contribution is 5.93. The van der Waals surface area contributed by atoms with Gasteiger partial charge in [-0.3, -0.25) is 14.3 Å². The third-order valence-electron chi connectivity index (χ3n) is 4.02. The fraction of sp³-hybridized carbons (Fsp3) is 0.667. The largest absolute Gasteiger partial charge is 0.369 e. The van der Waals surface area contributed by atoms with Crippen LogP contribution in [0.3, 0.4) is 0 Å². The average molecular weight is 322 g/mol. The van der Waals surface area contributed by atoms with Gasteiger partial charge in [-0.2, -0.15) is 5.10 Å². The van der Waals surface area contributed by atoms with E-state index in [0.717, 1.165) is 25.9 Å². The molecule has 2 rings (SSSR count). The van der Waals surface area contributed by atoms with E-state index in [9.17, 15) is 9.59 Å². The highest BCUT2D eigenvalue weighted by Gasteiger charge is 2.29. The minimum absolute atomic E-state index is 0.0883. The quantitative estimate of drug-likeness (QED) is 0.542. The van der Waals surface area contributed by atoms with Crippen molar-refractivity contribution in [2.24, 2.45) is 11.7 Å². The van der Waals surface area contributed by atoms with Crippen LogP contribution in [0.25, 0.3) is 0 Å². The summed E-state index contributed by atoms with van der Waals surface area (Å²) in [6.45, 7) is 2.51. The van der Waals surface area contributed by atoms with E-state index in [0.29, 0.717) is 24.1 Å². The minimum Gasteiger partial charge on any atom is -0.369 e. The highest BCUT2D eigenvalue weighted by Crippen LogP contribution is 2.26. The second kappa shape index (κ2) is 8.07. The molecule has 0 saturated heterocycles. The van der Waals surface area contributed by atoms with Crippen molar-refractivity contribution in [3.63, 3.8) is 0 Å². The van der Waals surface area contributed by atoms with Crippen LogP contribution in [0.5, 0.6) is 0 Å². The maximum atomic E-state index is 12.1. The molecule has 1 aromatic heterocycles. The number of likely N-dealkylation sites (N-methyl/N-ethyl adjacent to an activating group) is 1. The van der Waals surface area contributed by atoms with E-state index < -0.39 is 0 Å². The molecule has 1 saturated carbocycles. The number of nitrogens with zero attached hydrogens (tertiary/aromatic N) is 3. The molecular weight excluding hydrogens is 296 g/mol. The summed E-state index contributed by atoms with van der Waals surface area (Å²) in [4.78, 5) is 24.8. The Morgan fingerprint density at radius 3 is 2.83 bits per heavy atom. The molecule has 1 aromatic rings. The molecule has 1 heterocycles. The molecule has 0 aromatic carbocycles. The van der Waals surface area contributed by atoms with Gasteiger partial charge in [0, 0.05) is 25.3 Å². The van der Waals surface area contributed by atoms with Crippen molar-refractivity contribution in [2.75, 3.05) is 33.7 Å². The van der Waals surface area contributed by atoms with E-state index in [4.69, 9.17) is 5.73 Å². The van der Waals surface area contributed by atoms with Crippen molar-refractivity contribution in [3.05, 3.63) is 18.0 Å². The van der Waals surface area contributed by atoms with Crippen LogP contribution in [-0.2, 0) is 11.3 Å². The second-order valence-corrected chi connectivity index (χ2v) is 6.39. The van der Waals surface area contributed by atoms with Crippen LogP contribution >= 0.6 is 0 Å². The second-order valence-electron chi connectivity index (χ2n) is 6.39. The summed E-state index contributed by atoms with van der Waals surface area (Å²) in [6, 6.07) is 0.332. The van der Waals surface area contributed by atoms with E-state index in [2.05, 4.69) is 20.6 Å². The van der Waals surface area contributed by atoms with Gasteiger partial charge in [0.1, 0.15) is 0 Å². The summed E-state index contributed by atoms with van der Waals surface area (Å²) in [6.07, 6.45) is 5.28. The minimum atomic E-state index is -0.340. The van der Waals surface area contributed by atoms with Crippen LogP contribution in [0.2, 0.25) is 0 Å². The number of amides is 2. The fourth-order valence-corrected chi connectivity index (χ4v) is 2.56. The van der Waals surface area contributed by atoms with Crippen LogP contribution in [0.1, 0.15) is 23.2 Å². The Hall–Kier alpha value is -1.93. The number of carbonyl (C=O) groups is 2. The Kier molecular flexibility index (Phi) is 6.12. The Labute approximate surface area is 136 Å². The van der Waals surface area contributed by atoms with Crippen LogP contribution in [0.4, 0.5) is 0 Å². The lowest BCUT2D eigenvalue weighted by Gasteiger charge is -2.35. The summed E-state index contributed by atoms with van der Waals surface area (Å²) in [5, 5.41) is 10.2. The number of rotatable bonds is 9. The van der Waals surface area contributed by atoms with Gasteiger partial charge in [0.2, 0.25) is 5.91 Å². The molecule has 1 aliphatic carbocycles. The number of nitrogens with one attached hydrogen (secondary N) is 2. The number of primary amides is 1. The van der Waals surface area contributed by atoms with E-state index in [1.807, 2.05) is 14.1 Å². The smallest absolute Gasteiger partial charge is 0.254 e. The van der Waals surface area contributed by atoms with Gasteiger partial charge in [0.25, 0.3) is 5.91 Å².